The summed E-state index contributed by atoms with van der Waals surface area (Å²) in [4.78, 5) is 10.3. The highest BCUT2D eigenvalue weighted by Gasteiger charge is 2.13. The van der Waals surface area contributed by atoms with Gasteiger partial charge in [-0.3, -0.25) is 4.67 Å². The zero-order valence-corrected chi connectivity index (χ0v) is 6.13. The molecule has 3 nitrogen and oxygen atoms in total. The Morgan fingerprint density at radius 1 is 1.56 bits per heavy atom. The third-order valence-corrected chi connectivity index (χ3v) is 2.72. The summed E-state index contributed by atoms with van der Waals surface area (Å²) in [6.07, 6.45) is 2.54. The third kappa shape index (κ3) is 1.83. The summed E-state index contributed by atoms with van der Waals surface area (Å²) in [7, 11) is 0.507. The maximum Gasteiger partial charge on any atom is 0.410 e. The van der Waals surface area contributed by atoms with E-state index >= 15 is 0 Å². The van der Waals surface area contributed by atoms with Crippen LogP contribution in [-0.2, 0) is 0 Å². The Balaban J connectivity index is 2.31. The fraction of sp³-hybridized carbons (Fsp3) is 0.800. The van der Waals surface area contributed by atoms with Crippen molar-refractivity contribution in [3.05, 3.63) is 0 Å². The van der Waals surface area contributed by atoms with Crippen LogP contribution in [0.2, 0.25) is 0 Å². The van der Waals surface area contributed by atoms with Crippen molar-refractivity contribution < 1.29 is 9.90 Å². The normalized spacial score (nSPS) is 22.4. The van der Waals surface area contributed by atoms with E-state index < -0.39 is 6.09 Å². The SMILES string of the molecule is O=C(O)N1CCCCP1. The molecule has 0 bridgehead atoms. The summed E-state index contributed by atoms with van der Waals surface area (Å²) in [5, 5.41) is 8.47. The Bertz CT molecular complexity index is 112. The highest BCUT2D eigenvalue weighted by Crippen LogP contribution is 2.25. The van der Waals surface area contributed by atoms with Crippen LogP contribution in [0.15, 0.2) is 0 Å². The molecule has 4 heteroatoms. The van der Waals surface area contributed by atoms with Crippen molar-refractivity contribution in [2.75, 3.05) is 12.7 Å². The summed E-state index contributed by atoms with van der Waals surface area (Å²) < 4.78 is 1.50. The Hall–Kier alpha value is -0.300. The van der Waals surface area contributed by atoms with E-state index in [1.54, 1.807) is 0 Å². The van der Waals surface area contributed by atoms with Crippen LogP contribution in [0, 0.1) is 0 Å². The maximum absolute atomic E-state index is 10.3. The first-order valence-corrected chi connectivity index (χ1v) is 4.20. The zero-order chi connectivity index (χ0) is 6.69. The van der Waals surface area contributed by atoms with Crippen molar-refractivity contribution in [1.29, 1.82) is 0 Å². The molecular formula is C5H10NO2P. The van der Waals surface area contributed by atoms with Crippen LogP contribution >= 0.6 is 8.73 Å². The molecule has 9 heavy (non-hydrogen) atoms. The molecule has 1 saturated heterocycles. The summed E-state index contributed by atoms with van der Waals surface area (Å²) >= 11 is 0. The van der Waals surface area contributed by atoms with Gasteiger partial charge in [0.25, 0.3) is 0 Å². The molecule has 1 heterocycles. The molecule has 0 aromatic rings. The molecule has 1 aliphatic heterocycles. The molecular weight excluding hydrogens is 137 g/mol. The van der Waals surface area contributed by atoms with Crippen LogP contribution in [0.4, 0.5) is 4.79 Å². The number of hydrogen-bond donors (Lipinski definition) is 1. The Kier molecular flexibility index (Phi) is 2.29. The van der Waals surface area contributed by atoms with Gasteiger partial charge in [0.15, 0.2) is 0 Å². The first kappa shape index (κ1) is 6.81. The number of amides is 1. The highest BCUT2D eigenvalue weighted by molar-refractivity contribution is 7.36. The Morgan fingerprint density at radius 3 is 2.67 bits per heavy atom. The summed E-state index contributed by atoms with van der Waals surface area (Å²) in [6.45, 7) is 0.744. The average Bonchev–Trinajstić information content (AvgIpc) is 1.90. The van der Waals surface area contributed by atoms with Crippen molar-refractivity contribution in [2.45, 2.75) is 12.8 Å². The van der Waals surface area contributed by atoms with E-state index in [2.05, 4.69) is 0 Å². The molecule has 0 aromatic heterocycles. The largest absolute Gasteiger partial charge is 0.465 e. The molecule has 1 rings (SSSR count). The maximum atomic E-state index is 10.3. The van der Waals surface area contributed by atoms with Crippen LogP contribution in [0.5, 0.6) is 0 Å². The molecule has 1 fully saturated rings. The molecule has 52 valence electrons. The van der Waals surface area contributed by atoms with Crippen LogP contribution in [0.1, 0.15) is 12.8 Å². The van der Waals surface area contributed by atoms with E-state index in [0.717, 1.165) is 19.1 Å². The second-order valence-corrected chi connectivity index (χ2v) is 3.41. The number of nitrogens with zero attached hydrogens (tertiary/aromatic N) is 1. The summed E-state index contributed by atoms with van der Waals surface area (Å²) in [5.41, 5.74) is 0. The number of rotatable bonds is 0. The van der Waals surface area contributed by atoms with Crippen LogP contribution < -0.4 is 0 Å². The summed E-state index contributed by atoms with van der Waals surface area (Å²) in [5.74, 6) is 0. The van der Waals surface area contributed by atoms with Gasteiger partial charge in [-0.05, 0) is 27.7 Å². The lowest BCUT2D eigenvalue weighted by Crippen LogP contribution is -2.25. The molecule has 1 aliphatic rings. The predicted molar refractivity (Wildman–Crippen MR) is 37.1 cm³/mol. The first-order chi connectivity index (χ1) is 4.30. The van der Waals surface area contributed by atoms with Crippen molar-refractivity contribution in [3.63, 3.8) is 0 Å². The van der Waals surface area contributed by atoms with E-state index in [9.17, 15) is 4.79 Å². The molecule has 0 radical (unpaired) electrons. The number of carboxylic acid groups (broad SMARTS) is 1. The minimum absolute atomic E-state index is 0.507. The standard InChI is InChI=1S/C5H10NO2P/c7-5(8)6-3-1-2-4-9-6/h9H,1-4H2,(H,7,8). The van der Waals surface area contributed by atoms with E-state index in [1.165, 1.54) is 11.1 Å². The van der Waals surface area contributed by atoms with E-state index in [1.807, 2.05) is 0 Å². The van der Waals surface area contributed by atoms with Crippen molar-refractivity contribution >= 4 is 14.8 Å². The molecule has 1 amide bonds. The number of carbonyl (C=O) groups is 1. The molecule has 0 aromatic carbocycles. The Labute approximate surface area is 55.9 Å². The van der Waals surface area contributed by atoms with Crippen LogP contribution in [-0.4, -0.2) is 28.6 Å². The van der Waals surface area contributed by atoms with Gasteiger partial charge in [-0.15, -0.1) is 0 Å². The lowest BCUT2D eigenvalue weighted by atomic mass is 10.3. The lowest BCUT2D eigenvalue weighted by molar-refractivity contribution is 0.173. The van der Waals surface area contributed by atoms with Gasteiger partial charge in [-0.25, -0.2) is 4.79 Å². The van der Waals surface area contributed by atoms with Gasteiger partial charge in [0.2, 0.25) is 0 Å². The van der Waals surface area contributed by atoms with Gasteiger partial charge in [-0.2, -0.15) is 0 Å². The van der Waals surface area contributed by atoms with Gasteiger partial charge < -0.3 is 5.11 Å². The topological polar surface area (TPSA) is 40.5 Å². The van der Waals surface area contributed by atoms with Gasteiger partial charge in [-0.1, -0.05) is 0 Å². The lowest BCUT2D eigenvalue weighted by Gasteiger charge is -2.22. The van der Waals surface area contributed by atoms with Gasteiger partial charge in [0.05, 0.1) is 0 Å². The first-order valence-electron chi connectivity index (χ1n) is 3.04. The quantitative estimate of drug-likeness (QED) is 0.525. The smallest absolute Gasteiger partial charge is 0.410 e. The number of hydrogen-bond acceptors (Lipinski definition) is 1. The molecule has 0 saturated carbocycles. The van der Waals surface area contributed by atoms with Gasteiger partial charge >= 0.3 is 6.09 Å². The van der Waals surface area contributed by atoms with E-state index in [0.29, 0.717) is 8.73 Å². The van der Waals surface area contributed by atoms with E-state index in [4.69, 9.17) is 5.11 Å². The zero-order valence-electron chi connectivity index (χ0n) is 5.13. The van der Waals surface area contributed by atoms with Gasteiger partial charge in [0, 0.05) is 6.54 Å². The predicted octanol–water partition coefficient (Wildman–Crippen LogP) is 1.35. The van der Waals surface area contributed by atoms with Crippen molar-refractivity contribution in [3.8, 4) is 0 Å². The molecule has 0 spiro atoms. The minimum Gasteiger partial charge on any atom is -0.465 e. The van der Waals surface area contributed by atoms with Crippen LogP contribution in [0.3, 0.4) is 0 Å². The highest BCUT2D eigenvalue weighted by atomic mass is 31.1. The molecule has 1 N–H and O–H groups in total. The van der Waals surface area contributed by atoms with Crippen molar-refractivity contribution in [1.82, 2.24) is 4.67 Å². The summed E-state index contributed by atoms with van der Waals surface area (Å²) in [6, 6.07) is 0. The minimum atomic E-state index is -0.756. The van der Waals surface area contributed by atoms with Gasteiger partial charge in [0.1, 0.15) is 0 Å². The van der Waals surface area contributed by atoms with Crippen LogP contribution in [0.25, 0.3) is 0 Å². The average molecular weight is 147 g/mol. The molecule has 0 aliphatic carbocycles. The fourth-order valence-corrected chi connectivity index (χ4v) is 1.98. The third-order valence-electron chi connectivity index (χ3n) is 1.34. The van der Waals surface area contributed by atoms with E-state index in [-0.39, 0.29) is 0 Å². The fourth-order valence-electron chi connectivity index (χ4n) is 0.851. The second kappa shape index (κ2) is 3.02. The molecule has 1 atom stereocenters. The monoisotopic (exact) mass is 147 g/mol. The molecule has 1 unspecified atom stereocenters. The van der Waals surface area contributed by atoms with Crippen molar-refractivity contribution in [2.24, 2.45) is 0 Å². The Morgan fingerprint density at radius 2 is 2.33 bits per heavy atom. The second-order valence-electron chi connectivity index (χ2n) is 2.05.